The van der Waals surface area contributed by atoms with E-state index in [4.69, 9.17) is 4.74 Å². The molecule has 27 heavy (non-hydrogen) atoms. The molecule has 5 rings (SSSR count). The van der Waals surface area contributed by atoms with Crippen LogP contribution < -0.4 is 0 Å². The van der Waals surface area contributed by atoms with Gasteiger partial charge in [-0.3, -0.25) is 9.69 Å². The van der Waals surface area contributed by atoms with Crippen LogP contribution in [0, 0.1) is 16.7 Å². The Kier molecular flexibility index (Phi) is 3.85. The summed E-state index contributed by atoms with van der Waals surface area (Å²) in [6.07, 6.45) is 4.77. The Hall–Kier alpha value is -1.92. The number of morpholine rings is 1. The lowest BCUT2D eigenvalue weighted by molar-refractivity contribution is -0.0966. The number of likely N-dealkylation sites (tertiary alicyclic amines) is 1. The Morgan fingerprint density at radius 2 is 2.19 bits per heavy atom. The second kappa shape index (κ2) is 6.04. The molecule has 2 aromatic rings. The number of ether oxygens (including phenoxy) is 1. The highest BCUT2D eigenvalue weighted by Gasteiger charge is 2.63. The van der Waals surface area contributed by atoms with Crippen molar-refractivity contribution in [1.29, 1.82) is 0 Å². The summed E-state index contributed by atoms with van der Waals surface area (Å²) in [5, 5.41) is 0.920. The highest BCUT2D eigenvalue weighted by Crippen LogP contribution is 2.63. The first-order valence-corrected chi connectivity index (χ1v) is 10.0. The minimum atomic E-state index is 0.140. The molecule has 6 heteroatoms. The maximum absolute atomic E-state index is 13.3. The Labute approximate surface area is 159 Å². The number of aromatic amines is 1. The van der Waals surface area contributed by atoms with Gasteiger partial charge < -0.3 is 14.6 Å². The molecule has 2 saturated heterocycles. The lowest BCUT2D eigenvalue weighted by atomic mass is 9.48. The first-order valence-electron chi connectivity index (χ1n) is 10.0. The van der Waals surface area contributed by atoms with E-state index in [1.165, 1.54) is 6.42 Å². The zero-order chi connectivity index (χ0) is 18.6. The van der Waals surface area contributed by atoms with Crippen LogP contribution in [0.25, 0.3) is 11.0 Å². The van der Waals surface area contributed by atoms with Crippen molar-refractivity contribution >= 4 is 16.9 Å². The molecule has 0 unspecified atom stereocenters. The lowest BCUT2D eigenvalue weighted by Crippen LogP contribution is -2.59. The highest BCUT2D eigenvalue weighted by atomic mass is 16.5. The molecule has 0 bridgehead atoms. The van der Waals surface area contributed by atoms with Gasteiger partial charge in [0.25, 0.3) is 5.91 Å². The summed E-state index contributed by atoms with van der Waals surface area (Å²) in [7, 11) is 0. The van der Waals surface area contributed by atoms with Gasteiger partial charge >= 0.3 is 0 Å². The second-order valence-corrected chi connectivity index (χ2v) is 9.26. The summed E-state index contributed by atoms with van der Waals surface area (Å²) in [6, 6.07) is 3.87. The zero-order valence-electron chi connectivity index (χ0n) is 16.2. The van der Waals surface area contributed by atoms with Gasteiger partial charge in [-0.25, -0.2) is 4.98 Å². The average molecular weight is 368 g/mol. The monoisotopic (exact) mass is 368 g/mol. The Morgan fingerprint density at radius 1 is 1.37 bits per heavy atom. The molecule has 2 atom stereocenters. The van der Waals surface area contributed by atoms with Crippen LogP contribution in [-0.2, 0) is 4.74 Å². The van der Waals surface area contributed by atoms with E-state index in [1.807, 2.05) is 18.3 Å². The van der Waals surface area contributed by atoms with Crippen molar-refractivity contribution in [2.24, 2.45) is 16.7 Å². The largest absolute Gasteiger partial charge is 0.379 e. The first kappa shape index (κ1) is 17.2. The second-order valence-electron chi connectivity index (χ2n) is 9.26. The number of amides is 1. The van der Waals surface area contributed by atoms with Gasteiger partial charge in [-0.05, 0) is 29.9 Å². The van der Waals surface area contributed by atoms with E-state index in [-0.39, 0.29) is 11.3 Å². The van der Waals surface area contributed by atoms with Crippen LogP contribution in [0.4, 0.5) is 0 Å². The summed E-state index contributed by atoms with van der Waals surface area (Å²) >= 11 is 0. The van der Waals surface area contributed by atoms with Gasteiger partial charge in [-0.15, -0.1) is 0 Å². The van der Waals surface area contributed by atoms with Crippen molar-refractivity contribution in [1.82, 2.24) is 19.8 Å². The molecule has 1 N–H and O–H groups in total. The first-order chi connectivity index (χ1) is 13.0. The van der Waals surface area contributed by atoms with Gasteiger partial charge in [0.05, 0.1) is 18.8 Å². The van der Waals surface area contributed by atoms with Crippen molar-refractivity contribution in [3.8, 4) is 0 Å². The van der Waals surface area contributed by atoms with Crippen LogP contribution in [-0.4, -0.2) is 71.6 Å². The number of aromatic nitrogens is 2. The van der Waals surface area contributed by atoms with E-state index in [0.29, 0.717) is 11.3 Å². The Morgan fingerprint density at radius 3 is 2.96 bits per heavy atom. The van der Waals surface area contributed by atoms with E-state index < -0.39 is 0 Å². The maximum Gasteiger partial charge on any atom is 0.256 e. The average Bonchev–Trinajstić information content (AvgIpc) is 3.22. The summed E-state index contributed by atoms with van der Waals surface area (Å²) in [4.78, 5) is 25.4. The topological polar surface area (TPSA) is 61.5 Å². The number of H-pyrrole nitrogens is 1. The fraction of sp³-hybridized carbons (Fsp3) is 0.619. The fourth-order valence-corrected chi connectivity index (χ4v) is 6.00. The third-order valence-electron chi connectivity index (χ3n) is 7.01. The van der Waals surface area contributed by atoms with E-state index >= 15 is 0 Å². The van der Waals surface area contributed by atoms with Gasteiger partial charge in [0.1, 0.15) is 5.65 Å². The number of carbonyl (C=O) groups excluding carboxylic acids is 1. The standard InChI is InChI=1S/C21H28N4O2/c1-20(2)12-21(13-24-6-8-27-9-7-24)14-25(11-17(20)21)19(26)16-10-23-18-15(16)4-3-5-22-18/h3-5,10,17H,6-9,11-14H2,1-2H3,(H,22,23)/t17-,21+/m1/s1. The molecule has 2 aromatic heterocycles. The van der Waals surface area contributed by atoms with Crippen molar-refractivity contribution < 1.29 is 9.53 Å². The van der Waals surface area contributed by atoms with Crippen molar-refractivity contribution in [2.75, 3.05) is 45.9 Å². The number of fused-ring (bicyclic) bond motifs is 2. The van der Waals surface area contributed by atoms with Crippen LogP contribution in [0.2, 0.25) is 0 Å². The summed E-state index contributed by atoms with van der Waals surface area (Å²) in [5.74, 6) is 0.709. The quantitative estimate of drug-likeness (QED) is 0.904. The number of hydrogen-bond acceptors (Lipinski definition) is 4. The van der Waals surface area contributed by atoms with Crippen molar-refractivity contribution in [2.45, 2.75) is 20.3 Å². The van der Waals surface area contributed by atoms with Gasteiger partial charge in [0, 0.05) is 55.9 Å². The lowest BCUT2D eigenvalue weighted by Gasteiger charge is -2.58. The van der Waals surface area contributed by atoms with Crippen LogP contribution in [0.3, 0.4) is 0 Å². The molecule has 0 radical (unpaired) electrons. The number of carbonyl (C=O) groups is 1. The zero-order valence-corrected chi connectivity index (χ0v) is 16.2. The highest BCUT2D eigenvalue weighted by molar-refractivity contribution is 6.06. The number of nitrogens with zero attached hydrogens (tertiary/aromatic N) is 3. The van der Waals surface area contributed by atoms with E-state index in [9.17, 15) is 4.79 Å². The van der Waals surface area contributed by atoms with Crippen LogP contribution in [0.5, 0.6) is 0 Å². The van der Waals surface area contributed by atoms with Gasteiger partial charge in [0.15, 0.2) is 0 Å². The molecule has 3 fully saturated rings. The van der Waals surface area contributed by atoms with Gasteiger partial charge in [-0.1, -0.05) is 13.8 Å². The van der Waals surface area contributed by atoms with Crippen LogP contribution in [0.1, 0.15) is 30.6 Å². The maximum atomic E-state index is 13.3. The minimum Gasteiger partial charge on any atom is -0.379 e. The number of hydrogen-bond donors (Lipinski definition) is 1. The summed E-state index contributed by atoms with van der Waals surface area (Å²) in [5.41, 5.74) is 2.08. The normalized spacial score (nSPS) is 30.3. The number of pyridine rings is 1. The van der Waals surface area contributed by atoms with Gasteiger partial charge in [-0.2, -0.15) is 0 Å². The molecule has 3 aliphatic rings. The molecule has 0 aromatic carbocycles. The molecule has 2 aliphatic heterocycles. The molecule has 6 nitrogen and oxygen atoms in total. The molecule has 0 spiro atoms. The fourth-order valence-electron chi connectivity index (χ4n) is 6.00. The minimum absolute atomic E-state index is 0.140. The van der Waals surface area contributed by atoms with E-state index in [1.54, 1.807) is 6.20 Å². The van der Waals surface area contributed by atoms with Crippen LogP contribution in [0.15, 0.2) is 24.5 Å². The SMILES string of the molecule is CC1(C)C[C@]2(CN3CCOCC3)CN(C(=O)c3c[nH]c4ncccc34)C[C@H]12. The third-order valence-corrected chi connectivity index (χ3v) is 7.01. The Bertz CT molecular complexity index is 870. The van der Waals surface area contributed by atoms with E-state index in [2.05, 4.69) is 33.6 Å². The molecule has 1 aliphatic carbocycles. The van der Waals surface area contributed by atoms with E-state index in [0.717, 1.165) is 62.5 Å². The molecule has 1 saturated carbocycles. The number of nitrogens with one attached hydrogen (secondary N) is 1. The third kappa shape index (κ3) is 2.69. The predicted octanol–water partition coefficient (Wildman–Crippen LogP) is 2.38. The molecule has 144 valence electrons. The summed E-state index contributed by atoms with van der Waals surface area (Å²) < 4.78 is 5.52. The van der Waals surface area contributed by atoms with Crippen molar-refractivity contribution in [3.63, 3.8) is 0 Å². The van der Waals surface area contributed by atoms with Gasteiger partial charge in [0.2, 0.25) is 0 Å². The molecule has 4 heterocycles. The Balaban J connectivity index is 1.39. The smallest absolute Gasteiger partial charge is 0.256 e. The number of rotatable bonds is 3. The van der Waals surface area contributed by atoms with Crippen LogP contribution >= 0.6 is 0 Å². The predicted molar refractivity (Wildman–Crippen MR) is 104 cm³/mol. The molecular weight excluding hydrogens is 340 g/mol. The molecular formula is C21H28N4O2. The summed E-state index contributed by atoms with van der Waals surface area (Å²) in [6.45, 7) is 11.2. The molecule has 1 amide bonds. The van der Waals surface area contributed by atoms with Crippen molar-refractivity contribution in [3.05, 3.63) is 30.1 Å².